The van der Waals surface area contributed by atoms with Crippen molar-refractivity contribution in [1.29, 1.82) is 0 Å². The number of hydrogen-bond donors (Lipinski definition) is 0. The summed E-state index contributed by atoms with van der Waals surface area (Å²) in [5, 5.41) is 0. The maximum Gasteiger partial charge on any atom is 0.260 e. The largest absolute Gasteiger partial charge is 0.481 e. The van der Waals surface area contributed by atoms with Crippen LogP contribution in [0, 0.1) is 11.6 Å². The zero-order valence-corrected chi connectivity index (χ0v) is 12.4. The van der Waals surface area contributed by atoms with Crippen LogP contribution in [0.4, 0.5) is 8.78 Å². The van der Waals surface area contributed by atoms with Gasteiger partial charge < -0.3 is 9.64 Å². The van der Waals surface area contributed by atoms with Crippen molar-refractivity contribution >= 4 is 5.91 Å². The lowest BCUT2D eigenvalue weighted by Gasteiger charge is -2.25. The van der Waals surface area contributed by atoms with Gasteiger partial charge in [0.1, 0.15) is 5.82 Å². The smallest absolute Gasteiger partial charge is 0.260 e. The summed E-state index contributed by atoms with van der Waals surface area (Å²) in [5.41, 5.74) is 0.808. The molecular weight excluding hydrogens is 288 g/mol. The maximum absolute atomic E-state index is 13.4. The molecule has 0 aromatic heterocycles. The third-order valence-electron chi connectivity index (χ3n) is 3.51. The Balaban J connectivity index is 1.97. The number of para-hydroxylation sites is 1. The van der Waals surface area contributed by atoms with E-state index in [4.69, 9.17) is 4.74 Å². The number of carbonyl (C=O) groups is 1. The molecule has 3 nitrogen and oxygen atoms in total. The number of hydrogen-bond acceptors (Lipinski definition) is 2. The van der Waals surface area contributed by atoms with E-state index in [2.05, 4.69) is 0 Å². The average molecular weight is 305 g/mol. The maximum atomic E-state index is 13.4. The Labute approximate surface area is 128 Å². The average Bonchev–Trinajstić information content (AvgIpc) is 2.53. The lowest BCUT2D eigenvalue weighted by molar-refractivity contribution is -0.134. The lowest BCUT2D eigenvalue weighted by atomic mass is 10.1. The van der Waals surface area contributed by atoms with Crippen molar-refractivity contribution in [3.63, 3.8) is 0 Å². The van der Waals surface area contributed by atoms with Crippen LogP contribution in [0.15, 0.2) is 48.5 Å². The molecule has 2 aromatic carbocycles. The minimum Gasteiger partial charge on any atom is -0.481 e. The molecule has 0 aliphatic carbocycles. The van der Waals surface area contributed by atoms with E-state index in [-0.39, 0.29) is 30.1 Å². The van der Waals surface area contributed by atoms with Gasteiger partial charge in [-0.05, 0) is 36.8 Å². The van der Waals surface area contributed by atoms with Crippen molar-refractivity contribution in [3.05, 3.63) is 65.7 Å². The molecule has 0 aliphatic rings. The van der Waals surface area contributed by atoms with Crippen LogP contribution in [-0.4, -0.2) is 24.5 Å². The third kappa shape index (κ3) is 3.81. The van der Waals surface area contributed by atoms with Crippen molar-refractivity contribution in [1.82, 2.24) is 4.90 Å². The third-order valence-corrected chi connectivity index (χ3v) is 3.51. The molecule has 2 aromatic rings. The highest BCUT2D eigenvalue weighted by molar-refractivity contribution is 5.78. The van der Waals surface area contributed by atoms with Crippen molar-refractivity contribution in [3.8, 4) is 5.75 Å². The van der Waals surface area contributed by atoms with Gasteiger partial charge in [0.2, 0.25) is 0 Å². The fraction of sp³-hybridized carbons (Fsp3) is 0.235. The molecular formula is C17H17F2NO2. The predicted molar refractivity (Wildman–Crippen MR) is 79.5 cm³/mol. The summed E-state index contributed by atoms with van der Waals surface area (Å²) in [6.45, 7) is 1.57. The first-order chi connectivity index (χ1) is 10.5. The molecule has 0 radical (unpaired) electrons. The number of likely N-dealkylation sites (N-methyl/N-ethyl adjacent to an activating group) is 1. The van der Waals surface area contributed by atoms with E-state index >= 15 is 0 Å². The van der Waals surface area contributed by atoms with Crippen molar-refractivity contribution in [2.24, 2.45) is 0 Å². The minimum atomic E-state index is -0.510. The number of rotatable bonds is 5. The summed E-state index contributed by atoms with van der Waals surface area (Å²) < 4.78 is 31.5. The van der Waals surface area contributed by atoms with Gasteiger partial charge in [-0.1, -0.05) is 24.3 Å². The number of benzene rings is 2. The summed E-state index contributed by atoms with van der Waals surface area (Å²) >= 11 is 0. The molecule has 0 aliphatic heterocycles. The van der Waals surface area contributed by atoms with Crippen LogP contribution in [0.3, 0.4) is 0 Å². The van der Waals surface area contributed by atoms with Crippen LogP contribution >= 0.6 is 0 Å². The molecule has 22 heavy (non-hydrogen) atoms. The van der Waals surface area contributed by atoms with Crippen LogP contribution in [0.25, 0.3) is 0 Å². The minimum absolute atomic E-state index is 0.0404. The Kier molecular flexibility index (Phi) is 5.09. The fourth-order valence-electron chi connectivity index (χ4n) is 1.98. The highest BCUT2D eigenvalue weighted by Crippen LogP contribution is 2.20. The quantitative estimate of drug-likeness (QED) is 0.845. The number of ether oxygens (including phenoxy) is 1. The zero-order valence-electron chi connectivity index (χ0n) is 12.4. The Morgan fingerprint density at radius 2 is 1.77 bits per heavy atom. The fourth-order valence-corrected chi connectivity index (χ4v) is 1.98. The topological polar surface area (TPSA) is 29.5 Å². The molecule has 0 spiro atoms. The van der Waals surface area contributed by atoms with E-state index in [0.29, 0.717) is 0 Å². The molecule has 1 atom stereocenters. The van der Waals surface area contributed by atoms with Crippen LogP contribution in [0.5, 0.6) is 5.75 Å². The zero-order chi connectivity index (χ0) is 16.1. The van der Waals surface area contributed by atoms with Gasteiger partial charge in [-0.3, -0.25) is 4.79 Å². The molecule has 5 heteroatoms. The Morgan fingerprint density at radius 3 is 2.41 bits per heavy atom. The van der Waals surface area contributed by atoms with Crippen LogP contribution in [0.1, 0.15) is 18.5 Å². The Hall–Kier alpha value is -2.43. The van der Waals surface area contributed by atoms with Gasteiger partial charge in [-0.15, -0.1) is 0 Å². The Morgan fingerprint density at radius 1 is 1.14 bits per heavy atom. The second-order valence-electron chi connectivity index (χ2n) is 4.95. The second kappa shape index (κ2) is 7.02. The molecule has 0 heterocycles. The highest BCUT2D eigenvalue weighted by atomic mass is 19.1. The van der Waals surface area contributed by atoms with Gasteiger partial charge >= 0.3 is 0 Å². The molecule has 0 bridgehead atoms. The van der Waals surface area contributed by atoms with Gasteiger partial charge in [0.25, 0.3) is 5.91 Å². The standard InChI is InChI=1S/C17H17F2NO2/c1-12(13-7-9-14(18)10-8-13)20(2)17(21)11-22-16-6-4-3-5-15(16)19/h3-10,12H,11H2,1-2H3. The normalized spacial score (nSPS) is 11.8. The summed E-state index contributed by atoms with van der Waals surface area (Å²) in [6, 6.07) is 11.6. The number of amides is 1. The van der Waals surface area contributed by atoms with Gasteiger partial charge in [-0.2, -0.15) is 0 Å². The highest BCUT2D eigenvalue weighted by Gasteiger charge is 2.18. The summed E-state index contributed by atoms with van der Waals surface area (Å²) in [7, 11) is 1.63. The van der Waals surface area contributed by atoms with E-state index < -0.39 is 5.82 Å². The SMILES string of the molecule is CC(c1ccc(F)cc1)N(C)C(=O)COc1ccccc1F. The van der Waals surface area contributed by atoms with Gasteiger partial charge in [-0.25, -0.2) is 8.78 Å². The number of halogens is 2. The molecule has 0 saturated carbocycles. The molecule has 1 unspecified atom stereocenters. The first-order valence-corrected chi connectivity index (χ1v) is 6.87. The first kappa shape index (κ1) is 15.9. The van der Waals surface area contributed by atoms with Crippen LogP contribution < -0.4 is 4.74 Å². The van der Waals surface area contributed by atoms with Crippen molar-refractivity contribution in [2.45, 2.75) is 13.0 Å². The molecule has 0 N–H and O–H groups in total. The van der Waals surface area contributed by atoms with E-state index in [0.717, 1.165) is 5.56 Å². The molecule has 0 saturated heterocycles. The first-order valence-electron chi connectivity index (χ1n) is 6.87. The van der Waals surface area contributed by atoms with Crippen LogP contribution in [0.2, 0.25) is 0 Å². The van der Waals surface area contributed by atoms with E-state index in [9.17, 15) is 13.6 Å². The van der Waals surface area contributed by atoms with E-state index in [1.165, 1.54) is 29.2 Å². The Bertz CT molecular complexity index is 643. The number of nitrogens with zero attached hydrogens (tertiary/aromatic N) is 1. The summed E-state index contributed by atoms with van der Waals surface area (Å²) in [5.74, 6) is -1.09. The summed E-state index contributed by atoms with van der Waals surface area (Å²) in [6.07, 6.45) is 0. The summed E-state index contributed by atoms with van der Waals surface area (Å²) in [4.78, 5) is 13.6. The van der Waals surface area contributed by atoms with Crippen LogP contribution in [-0.2, 0) is 4.79 Å². The van der Waals surface area contributed by atoms with Gasteiger partial charge in [0, 0.05) is 7.05 Å². The molecule has 116 valence electrons. The van der Waals surface area contributed by atoms with E-state index in [1.54, 1.807) is 31.3 Å². The number of carbonyl (C=O) groups excluding carboxylic acids is 1. The monoisotopic (exact) mass is 305 g/mol. The second-order valence-corrected chi connectivity index (χ2v) is 4.95. The molecule has 1 amide bonds. The molecule has 2 rings (SSSR count). The van der Waals surface area contributed by atoms with Gasteiger partial charge in [0.15, 0.2) is 18.2 Å². The van der Waals surface area contributed by atoms with E-state index in [1.807, 2.05) is 6.92 Å². The van der Waals surface area contributed by atoms with Gasteiger partial charge in [0.05, 0.1) is 6.04 Å². The lowest BCUT2D eigenvalue weighted by Crippen LogP contribution is -2.33. The van der Waals surface area contributed by atoms with Crippen molar-refractivity contribution < 1.29 is 18.3 Å². The molecule has 0 fully saturated rings. The predicted octanol–water partition coefficient (Wildman–Crippen LogP) is 3.56. The van der Waals surface area contributed by atoms with Crippen molar-refractivity contribution in [2.75, 3.05) is 13.7 Å².